The fourth-order valence-corrected chi connectivity index (χ4v) is 7.67. The first-order valence-corrected chi connectivity index (χ1v) is 14.8. The van der Waals surface area contributed by atoms with Crippen LogP contribution in [0.4, 0.5) is 0 Å². The molecular formula is C32H20Br2O7. The van der Waals surface area contributed by atoms with Gasteiger partial charge in [0.2, 0.25) is 5.43 Å². The zero-order chi connectivity index (χ0) is 29.2. The van der Waals surface area contributed by atoms with E-state index in [1.165, 1.54) is 6.07 Å². The highest BCUT2D eigenvalue weighted by Gasteiger charge is 2.27. The molecule has 41 heavy (non-hydrogen) atoms. The van der Waals surface area contributed by atoms with Crippen LogP contribution in [0.3, 0.4) is 0 Å². The van der Waals surface area contributed by atoms with Gasteiger partial charge in [0.05, 0.1) is 10.8 Å². The SMILES string of the molecule is C=c1c2c(O)cc(CBr)c(c2C)c2c(CBr)cc(O)c3c(=O)c4c(O)cc(O)c5c6c(O)cc(O)c1c6cc(c32)c45. The van der Waals surface area contributed by atoms with Gasteiger partial charge in [-0.2, -0.15) is 0 Å². The Labute approximate surface area is 247 Å². The van der Waals surface area contributed by atoms with E-state index in [9.17, 15) is 35.4 Å². The van der Waals surface area contributed by atoms with Crippen molar-refractivity contribution >= 4 is 103 Å². The lowest BCUT2D eigenvalue weighted by atomic mass is 9.84. The minimum Gasteiger partial charge on any atom is -0.507 e. The van der Waals surface area contributed by atoms with E-state index in [-0.39, 0.29) is 66.3 Å². The normalized spacial score (nSPS) is 12.3. The lowest BCUT2D eigenvalue weighted by Gasteiger charge is -2.21. The molecule has 0 aliphatic rings. The third kappa shape index (κ3) is 3.05. The Bertz CT molecular complexity index is 2450. The summed E-state index contributed by atoms with van der Waals surface area (Å²) in [6.45, 7) is 6.07. The summed E-state index contributed by atoms with van der Waals surface area (Å²) in [6.07, 6.45) is 0. The Balaban J connectivity index is 2.12. The Morgan fingerprint density at radius 2 is 0.976 bits per heavy atom. The number of fused-ring (bicyclic) bond motifs is 4. The van der Waals surface area contributed by atoms with Gasteiger partial charge < -0.3 is 30.6 Å². The number of aryl methyl sites for hydroxylation is 1. The minimum absolute atomic E-state index is 0.0290. The number of alkyl halides is 2. The van der Waals surface area contributed by atoms with E-state index < -0.39 is 11.2 Å². The molecule has 9 heteroatoms. The smallest absolute Gasteiger partial charge is 0.201 e. The third-order valence-corrected chi connectivity index (χ3v) is 9.52. The highest BCUT2D eigenvalue weighted by molar-refractivity contribution is 9.08. The highest BCUT2D eigenvalue weighted by Crippen LogP contribution is 2.51. The molecule has 6 N–H and O–H groups in total. The molecule has 7 rings (SSSR count). The van der Waals surface area contributed by atoms with Gasteiger partial charge in [0, 0.05) is 55.1 Å². The van der Waals surface area contributed by atoms with Gasteiger partial charge in [-0.25, -0.2) is 0 Å². The zero-order valence-corrected chi connectivity index (χ0v) is 24.5. The van der Waals surface area contributed by atoms with Crippen molar-refractivity contribution in [1.29, 1.82) is 0 Å². The summed E-state index contributed by atoms with van der Waals surface area (Å²) >= 11 is 7.08. The zero-order valence-electron chi connectivity index (χ0n) is 21.4. The monoisotopic (exact) mass is 674 g/mol. The van der Waals surface area contributed by atoms with Crippen LogP contribution in [0.15, 0.2) is 35.1 Å². The van der Waals surface area contributed by atoms with Crippen LogP contribution in [-0.2, 0) is 10.7 Å². The van der Waals surface area contributed by atoms with Crippen LogP contribution in [0, 0.1) is 6.92 Å². The second-order valence-corrected chi connectivity index (χ2v) is 11.5. The Hall–Kier alpha value is -4.21. The summed E-state index contributed by atoms with van der Waals surface area (Å²) in [7, 11) is 0. The maximum absolute atomic E-state index is 14.2. The van der Waals surface area contributed by atoms with Crippen molar-refractivity contribution in [2.75, 3.05) is 0 Å². The molecule has 0 heterocycles. The maximum Gasteiger partial charge on any atom is 0.201 e. The van der Waals surface area contributed by atoms with Gasteiger partial charge in [-0.15, -0.1) is 0 Å². The molecule has 0 radical (unpaired) electrons. The predicted octanol–water partition coefficient (Wildman–Crippen LogP) is 6.86. The molecule has 4 bridgehead atoms. The van der Waals surface area contributed by atoms with Crippen molar-refractivity contribution in [3.05, 3.63) is 62.5 Å². The first kappa shape index (κ1) is 25.7. The van der Waals surface area contributed by atoms with E-state index in [0.717, 1.165) is 12.1 Å². The molecule has 7 aromatic carbocycles. The molecule has 0 fully saturated rings. The number of phenols is 6. The van der Waals surface area contributed by atoms with Crippen LogP contribution >= 0.6 is 31.9 Å². The van der Waals surface area contributed by atoms with Gasteiger partial charge in [-0.05, 0) is 68.6 Å². The highest BCUT2D eigenvalue weighted by atomic mass is 79.9. The topological polar surface area (TPSA) is 138 Å². The molecule has 204 valence electrons. The summed E-state index contributed by atoms with van der Waals surface area (Å²) in [4.78, 5) is 14.2. The Morgan fingerprint density at radius 1 is 0.537 bits per heavy atom. The quantitative estimate of drug-likeness (QED) is 0.0668. The van der Waals surface area contributed by atoms with E-state index in [1.54, 1.807) is 12.1 Å². The van der Waals surface area contributed by atoms with E-state index in [2.05, 4.69) is 38.4 Å². The molecule has 0 aliphatic heterocycles. The standard InChI is InChI=1S/C32H20Br2O7/c1-10-22-11(2)24-14-5-15-27-25(23(10)12(8-33)3-16(22)35)13(9-34)4-17(36)30(27)32(41)31-21(40)7-20(39)29(28(15)31)26(14)19(38)6-18(24)37/h3-7,35-40H,2,8-9H2,1H3. The number of benzene rings is 6. The van der Waals surface area contributed by atoms with Gasteiger partial charge in [0.25, 0.3) is 0 Å². The summed E-state index contributed by atoms with van der Waals surface area (Å²) in [5.74, 6) is -1.90. The van der Waals surface area contributed by atoms with E-state index in [4.69, 9.17) is 0 Å². The van der Waals surface area contributed by atoms with Crippen LogP contribution < -0.4 is 10.6 Å². The second kappa shape index (κ2) is 8.41. The molecule has 0 spiro atoms. The fraction of sp³-hybridized carbons (Fsp3) is 0.0938. The fourth-order valence-electron chi connectivity index (χ4n) is 6.78. The maximum atomic E-state index is 14.2. The van der Waals surface area contributed by atoms with Crippen LogP contribution in [0.25, 0.3) is 71.2 Å². The van der Waals surface area contributed by atoms with Crippen molar-refractivity contribution < 1.29 is 30.6 Å². The molecule has 0 unspecified atom stereocenters. The lowest BCUT2D eigenvalue weighted by Crippen LogP contribution is -2.08. The second-order valence-electron chi connectivity index (χ2n) is 10.4. The minimum atomic E-state index is -0.647. The van der Waals surface area contributed by atoms with E-state index in [1.807, 2.05) is 6.92 Å². The van der Waals surface area contributed by atoms with Crippen molar-refractivity contribution in [1.82, 2.24) is 0 Å². The molecule has 0 aromatic heterocycles. The summed E-state index contributed by atoms with van der Waals surface area (Å²) < 4.78 is 0. The average Bonchev–Trinajstić information content (AvgIpc) is 2.91. The first-order valence-electron chi connectivity index (χ1n) is 12.5. The molecule has 7 aromatic rings. The molecule has 0 saturated heterocycles. The summed E-state index contributed by atoms with van der Waals surface area (Å²) in [5.41, 5.74) is 1.34. The molecule has 0 amide bonds. The van der Waals surface area contributed by atoms with Crippen molar-refractivity contribution in [3.8, 4) is 34.5 Å². The van der Waals surface area contributed by atoms with Crippen LogP contribution in [-0.4, -0.2) is 30.6 Å². The van der Waals surface area contributed by atoms with Crippen LogP contribution in [0.1, 0.15) is 16.7 Å². The number of rotatable bonds is 2. The Morgan fingerprint density at radius 3 is 1.59 bits per heavy atom. The van der Waals surface area contributed by atoms with Crippen molar-refractivity contribution in [2.45, 2.75) is 17.6 Å². The predicted molar refractivity (Wildman–Crippen MR) is 170 cm³/mol. The number of halogens is 2. The average molecular weight is 676 g/mol. The van der Waals surface area contributed by atoms with E-state index >= 15 is 0 Å². The third-order valence-electron chi connectivity index (χ3n) is 8.31. The van der Waals surface area contributed by atoms with Crippen LogP contribution in [0.5, 0.6) is 34.5 Å². The molecule has 7 nitrogen and oxygen atoms in total. The van der Waals surface area contributed by atoms with Gasteiger partial charge in [-0.1, -0.05) is 38.4 Å². The first-order chi connectivity index (χ1) is 19.5. The summed E-state index contributed by atoms with van der Waals surface area (Å²) in [6, 6.07) is 6.93. The van der Waals surface area contributed by atoms with Gasteiger partial charge >= 0.3 is 0 Å². The van der Waals surface area contributed by atoms with Crippen molar-refractivity contribution in [3.63, 3.8) is 0 Å². The lowest BCUT2D eigenvalue weighted by molar-refractivity contribution is 0.455. The van der Waals surface area contributed by atoms with Crippen molar-refractivity contribution in [2.24, 2.45) is 0 Å². The van der Waals surface area contributed by atoms with Gasteiger partial charge in [-0.3, -0.25) is 4.79 Å². The number of aromatic hydroxyl groups is 6. The Kier molecular flexibility index (Phi) is 5.28. The molecule has 0 atom stereocenters. The largest absolute Gasteiger partial charge is 0.507 e. The summed E-state index contributed by atoms with van der Waals surface area (Å²) in [5, 5.41) is 71.2. The molecular weight excluding hydrogens is 656 g/mol. The molecule has 0 saturated carbocycles. The number of hydrogen-bond acceptors (Lipinski definition) is 7. The number of hydrogen-bond donors (Lipinski definition) is 6. The molecule has 0 aliphatic carbocycles. The van der Waals surface area contributed by atoms with Gasteiger partial charge in [0.15, 0.2) is 0 Å². The van der Waals surface area contributed by atoms with Gasteiger partial charge in [0.1, 0.15) is 34.5 Å². The number of phenolic OH excluding ortho intramolecular Hbond substituents is 6. The van der Waals surface area contributed by atoms with Crippen LogP contribution in [0.2, 0.25) is 0 Å². The van der Waals surface area contributed by atoms with E-state index in [0.29, 0.717) is 59.7 Å².